The fourth-order valence-corrected chi connectivity index (χ4v) is 0.415. The molecule has 1 saturated heterocycles. The van der Waals surface area contributed by atoms with Crippen LogP contribution in [0.25, 0.3) is 0 Å². The van der Waals surface area contributed by atoms with Gasteiger partial charge in [0.05, 0.1) is 0 Å². The van der Waals surface area contributed by atoms with Crippen molar-refractivity contribution in [2.24, 2.45) is 0 Å². The minimum absolute atomic E-state index is 0.395. The molecule has 78 valence electrons. The number of carbonyl (C=O) groups is 2. The fraction of sp³-hybridized carbons (Fsp3) is 0.333. The molecule has 1 heterocycles. The average molecular weight is 200 g/mol. The number of esters is 1. The van der Waals surface area contributed by atoms with Gasteiger partial charge in [0.15, 0.2) is 0 Å². The summed E-state index contributed by atoms with van der Waals surface area (Å²) in [4.78, 5) is 20.4. The van der Waals surface area contributed by atoms with Gasteiger partial charge in [-0.25, -0.2) is 9.59 Å². The molecule has 0 aromatic rings. The number of aliphatic carboxylic acids is 1. The maximum Gasteiger partial charge on any atom is 0.333 e. The van der Waals surface area contributed by atoms with Gasteiger partial charge in [-0.05, 0) is 6.92 Å². The van der Waals surface area contributed by atoms with E-state index < -0.39 is 18.2 Å². The van der Waals surface area contributed by atoms with Crippen molar-refractivity contribution in [3.63, 3.8) is 0 Å². The van der Waals surface area contributed by atoms with Crippen LogP contribution in [-0.4, -0.2) is 29.9 Å². The molecule has 1 unspecified atom stereocenters. The number of carboxylic acid groups (broad SMARTS) is 1. The molecule has 1 fully saturated rings. The quantitative estimate of drug-likeness (QED) is 0.314. The van der Waals surface area contributed by atoms with Crippen LogP contribution in [0, 0.1) is 0 Å². The number of hydrogen-bond acceptors (Lipinski definition) is 4. The van der Waals surface area contributed by atoms with Crippen molar-refractivity contribution < 1.29 is 24.2 Å². The van der Waals surface area contributed by atoms with Gasteiger partial charge in [-0.3, -0.25) is 0 Å². The van der Waals surface area contributed by atoms with E-state index in [4.69, 9.17) is 5.11 Å². The molecule has 5 heteroatoms. The molecule has 1 aliphatic heterocycles. The van der Waals surface area contributed by atoms with E-state index in [2.05, 4.69) is 16.1 Å². The van der Waals surface area contributed by atoms with Crippen molar-refractivity contribution in [2.45, 2.75) is 13.2 Å². The van der Waals surface area contributed by atoms with Crippen molar-refractivity contribution in [1.82, 2.24) is 0 Å². The predicted molar refractivity (Wildman–Crippen MR) is 48.5 cm³/mol. The monoisotopic (exact) mass is 200 g/mol. The smallest absolute Gasteiger partial charge is 0.333 e. The van der Waals surface area contributed by atoms with Gasteiger partial charge in [-0.15, -0.1) is 6.58 Å². The Morgan fingerprint density at radius 1 is 1.57 bits per heavy atom. The predicted octanol–water partition coefficient (Wildman–Crippen LogP) is 0.719. The summed E-state index contributed by atoms with van der Waals surface area (Å²) >= 11 is 0. The van der Waals surface area contributed by atoms with Gasteiger partial charge in [-0.2, -0.15) is 0 Å². The summed E-state index contributed by atoms with van der Waals surface area (Å²) in [5, 5.41) is 8.09. The summed E-state index contributed by atoms with van der Waals surface area (Å²) < 4.78 is 9.06. The minimum atomic E-state index is -1.18. The minimum Gasteiger partial charge on any atom is -0.478 e. The van der Waals surface area contributed by atoms with Crippen LogP contribution in [0.4, 0.5) is 0 Å². The lowest BCUT2D eigenvalue weighted by Gasteiger charge is -1.91. The zero-order valence-electron chi connectivity index (χ0n) is 7.80. The summed E-state index contributed by atoms with van der Waals surface area (Å²) in [6.45, 7) is 5.65. The molecule has 5 nitrogen and oxygen atoms in total. The van der Waals surface area contributed by atoms with Crippen LogP contribution in [0.2, 0.25) is 0 Å². The molecule has 1 aliphatic rings. The Labute approximate surface area is 81.6 Å². The molecular weight excluding hydrogens is 188 g/mol. The third-order valence-corrected chi connectivity index (χ3v) is 0.912. The molecule has 0 radical (unpaired) electrons. The number of carboxylic acids is 1. The van der Waals surface area contributed by atoms with Crippen molar-refractivity contribution in [3.8, 4) is 0 Å². The highest BCUT2D eigenvalue weighted by atomic mass is 16.8. The largest absolute Gasteiger partial charge is 0.478 e. The van der Waals surface area contributed by atoms with Gasteiger partial charge in [-0.1, -0.05) is 6.08 Å². The highest BCUT2D eigenvalue weighted by molar-refractivity contribution is 5.90. The second-order valence-electron chi connectivity index (χ2n) is 2.28. The maximum absolute atomic E-state index is 10.5. The zero-order valence-corrected chi connectivity index (χ0v) is 7.80. The van der Waals surface area contributed by atoms with E-state index in [1.54, 1.807) is 6.08 Å². The number of allylic oxidation sites excluding steroid dienone is 1. The van der Waals surface area contributed by atoms with E-state index in [0.29, 0.717) is 12.7 Å². The summed E-state index contributed by atoms with van der Waals surface area (Å²) in [7, 11) is 0. The Morgan fingerprint density at radius 2 is 2.07 bits per heavy atom. The van der Waals surface area contributed by atoms with Gasteiger partial charge in [0.1, 0.15) is 6.61 Å². The first-order valence-corrected chi connectivity index (χ1v) is 3.90. The Balaban J connectivity index is 0.000000500. The van der Waals surface area contributed by atoms with Crippen LogP contribution >= 0.6 is 0 Å². The third kappa shape index (κ3) is 8.48. The standard InChI is InChI=1S/C6H6O5.C3H6/c7-4(8)1-2-5(9)11-6-3-10-6;1-3-2/h1-2,6H,3H2,(H,7,8);3H,1H2,2H3/b2-1-;. The number of epoxide rings is 1. The molecule has 1 atom stereocenters. The van der Waals surface area contributed by atoms with Crippen LogP contribution in [-0.2, 0) is 19.1 Å². The molecule has 0 spiro atoms. The normalized spacial score (nSPS) is 17.9. The molecule has 1 rings (SSSR count). The Bertz CT molecular complexity index is 240. The van der Waals surface area contributed by atoms with E-state index in [0.717, 1.165) is 6.08 Å². The molecular formula is C9H12O5. The van der Waals surface area contributed by atoms with Crippen LogP contribution in [0.15, 0.2) is 24.8 Å². The van der Waals surface area contributed by atoms with E-state index in [1.807, 2.05) is 6.92 Å². The first-order chi connectivity index (χ1) is 6.60. The molecule has 1 N–H and O–H groups in total. The van der Waals surface area contributed by atoms with Crippen LogP contribution in [0.5, 0.6) is 0 Å². The number of rotatable bonds is 3. The Morgan fingerprint density at radius 3 is 2.43 bits per heavy atom. The summed E-state index contributed by atoms with van der Waals surface area (Å²) in [5.74, 6) is -1.88. The lowest BCUT2D eigenvalue weighted by atomic mass is 10.5. The second kappa shape index (κ2) is 6.85. The Kier molecular flexibility index (Phi) is 6.06. The fourth-order valence-electron chi connectivity index (χ4n) is 0.415. The van der Waals surface area contributed by atoms with Crippen LogP contribution in [0.1, 0.15) is 6.92 Å². The van der Waals surface area contributed by atoms with Gasteiger partial charge in [0, 0.05) is 12.2 Å². The highest BCUT2D eigenvalue weighted by Gasteiger charge is 2.26. The van der Waals surface area contributed by atoms with Gasteiger partial charge in [0.25, 0.3) is 0 Å². The van der Waals surface area contributed by atoms with Crippen molar-refractivity contribution in [1.29, 1.82) is 0 Å². The first kappa shape index (κ1) is 12.4. The molecule has 0 saturated carbocycles. The van der Waals surface area contributed by atoms with Crippen molar-refractivity contribution in [2.75, 3.05) is 6.61 Å². The second-order valence-corrected chi connectivity index (χ2v) is 2.28. The van der Waals surface area contributed by atoms with Crippen LogP contribution in [0.3, 0.4) is 0 Å². The first-order valence-electron chi connectivity index (χ1n) is 3.90. The molecule has 0 bridgehead atoms. The van der Waals surface area contributed by atoms with Crippen LogP contribution < -0.4 is 0 Å². The number of hydrogen-bond donors (Lipinski definition) is 1. The number of carbonyl (C=O) groups excluding carboxylic acids is 1. The van der Waals surface area contributed by atoms with Crippen molar-refractivity contribution >= 4 is 11.9 Å². The molecule has 0 aromatic heterocycles. The van der Waals surface area contributed by atoms with E-state index in [1.165, 1.54) is 0 Å². The topological polar surface area (TPSA) is 76.1 Å². The van der Waals surface area contributed by atoms with Gasteiger partial charge in [0.2, 0.25) is 6.29 Å². The van der Waals surface area contributed by atoms with E-state index in [-0.39, 0.29) is 0 Å². The van der Waals surface area contributed by atoms with Crippen molar-refractivity contribution in [3.05, 3.63) is 24.8 Å². The summed E-state index contributed by atoms with van der Waals surface area (Å²) in [5.41, 5.74) is 0. The third-order valence-electron chi connectivity index (χ3n) is 0.912. The van der Waals surface area contributed by atoms with E-state index >= 15 is 0 Å². The molecule has 0 amide bonds. The molecule has 14 heavy (non-hydrogen) atoms. The maximum atomic E-state index is 10.5. The van der Waals surface area contributed by atoms with Gasteiger partial charge < -0.3 is 14.6 Å². The zero-order chi connectivity index (χ0) is 11.0. The summed E-state index contributed by atoms with van der Waals surface area (Å²) in [6.07, 6.45) is 2.83. The highest BCUT2D eigenvalue weighted by Crippen LogP contribution is 2.10. The lowest BCUT2D eigenvalue weighted by molar-refractivity contribution is -0.143. The SMILES string of the molecule is C=CC.O=C(O)/C=C\C(=O)OC1CO1. The Hall–Kier alpha value is -1.62. The molecule has 0 aliphatic carbocycles. The number of ether oxygens (including phenoxy) is 2. The van der Waals surface area contributed by atoms with Gasteiger partial charge >= 0.3 is 11.9 Å². The lowest BCUT2D eigenvalue weighted by Crippen LogP contribution is -2.04. The summed E-state index contributed by atoms with van der Waals surface area (Å²) in [6, 6.07) is 0. The molecule has 0 aromatic carbocycles. The average Bonchev–Trinajstić information content (AvgIpc) is 2.86. The van der Waals surface area contributed by atoms with E-state index in [9.17, 15) is 9.59 Å².